The smallest absolute Gasteiger partial charge is 0.239 e. The number of nitrogens with one attached hydrogen (secondary N) is 1. The lowest BCUT2D eigenvalue weighted by molar-refractivity contribution is -0.121. The molecule has 2 unspecified atom stereocenters. The molecule has 2 rings (SSSR count). The SMILES string of the molecule is CC1CCCCC1NC(=O)CN(CCO)c1ccccc1. The molecule has 1 aromatic carbocycles. The van der Waals surface area contributed by atoms with Gasteiger partial charge in [-0.15, -0.1) is 0 Å². The summed E-state index contributed by atoms with van der Waals surface area (Å²) in [7, 11) is 0. The van der Waals surface area contributed by atoms with Crippen LogP contribution in [0.4, 0.5) is 5.69 Å². The molecule has 1 amide bonds. The predicted molar refractivity (Wildman–Crippen MR) is 85.3 cm³/mol. The fraction of sp³-hybridized carbons (Fsp3) is 0.588. The average Bonchev–Trinajstić information content (AvgIpc) is 2.50. The molecule has 0 aromatic heterocycles. The summed E-state index contributed by atoms with van der Waals surface area (Å²) >= 11 is 0. The van der Waals surface area contributed by atoms with Crippen LogP contribution in [0.15, 0.2) is 30.3 Å². The minimum absolute atomic E-state index is 0.0437. The number of amides is 1. The highest BCUT2D eigenvalue weighted by Gasteiger charge is 2.23. The van der Waals surface area contributed by atoms with Gasteiger partial charge in [-0.2, -0.15) is 0 Å². The third-order valence-electron chi connectivity index (χ3n) is 4.28. The molecular formula is C17H26N2O2. The first kappa shape index (κ1) is 15.8. The number of anilines is 1. The molecular weight excluding hydrogens is 264 g/mol. The zero-order chi connectivity index (χ0) is 15.1. The van der Waals surface area contributed by atoms with Crippen molar-refractivity contribution >= 4 is 11.6 Å². The molecule has 1 aromatic rings. The Hall–Kier alpha value is -1.55. The van der Waals surface area contributed by atoms with Crippen molar-refractivity contribution in [1.82, 2.24) is 5.32 Å². The van der Waals surface area contributed by atoms with Gasteiger partial charge in [0.15, 0.2) is 0 Å². The van der Waals surface area contributed by atoms with Gasteiger partial charge in [-0.3, -0.25) is 4.79 Å². The van der Waals surface area contributed by atoms with Crippen LogP contribution in [0, 0.1) is 5.92 Å². The van der Waals surface area contributed by atoms with Gasteiger partial charge < -0.3 is 15.3 Å². The van der Waals surface area contributed by atoms with Gasteiger partial charge in [-0.05, 0) is 30.9 Å². The first-order valence-electron chi connectivity index (χ1n) is 7.91. The second-order valence-corrected chi connectivity index (χ2v) is 5.92. The zero-order valence-electron chi connectivity index (χ0n) is 12.8. The number of aliphatic hydroxyl groups excluding tert-OH is 1. The van der Waals surface area contributed by atoms with Crippen molar-refractivity contribution in [2.75, 3.05) is 24.6 Å². The van der Waals surface area contributed by atoms with Gasteiger partial charge in [-0.1, -0.05) is 38.0 Å². The largest absolute Gasteiger partial charge is 0.395 e. The van der Waals surface area contributed by atoms with Crippen LogP contribution in [-0.2, 0) is 4.79 Å². The van der Waals surface area contributed by atoms with Crippen molar-refractivity contribution in [3.63, 3.8) is 0 Å². The zero-order valence-corrected chi connectivity index (χ0v) is 12.8. The quantitative estimate of drug-likeness (QED) is 0.844. The van der Waals surface area contributed by atoms with E-state index in [-0.39, 0.29) is 12.5 Å². The second-order valence-electron chi connectivity index (χ2n) is 5.92. The maximum absolute atomic E-state index is 12.3. The second kappa shape index (κ2) is 8.03. The Morgan fingerprint density at radius 1 is 1.29 bits per heavy atom. The van der Waals surface area contributed by atoms with E-state index in [9.17, 15) is 9.90 Å². The van der Waals surface area contributed by atoms with E-state index in [1.165, 1.54) is 19.3 Å². The molecule has 1 aliphatic rings. The molecule has 116 valence electrons. The summed E-state index contributed by atoms with van der Waals surface area (Å²) < 4.78 is 0. The predicted octanol–water partition coefficient (Wildman–Crippen LogP) is 2.18. The maximum atomic E-state index is 12.3. The maximum Gasteiger partial charge on any atom is 0.239 e. The van der Waals surface area contributed by atoms with Crippen molar-refractivity contribution in [2.45, 2.75) is 38.6 Å². The van der Waals surface area contributed by atoms with Crippen LogP contribution in [0.5, 0.6) is 0 Å². The van der Waals surface area contributed by atoms with Gasteiger partial charge in [0.05, 0.1) is 13.2 Å². The van der Waals surface area contributed by atoms with E-state index < -0.39 is 0 Å². The van der Waals surface area contributed by atoms with Gasteiger partial charge in [-0.25, -0.2) is 0 Å². The molecule has 1 aliphatic carbocycles. The number of carbonyl (C=O) groups excluding carboxylic acids is 1. The van der Waals surface area contributed by atoms with Gasteiger partial charge >= 0.3 is 0 Å². The number of para-hydroxylation sites is 1. The van der Waals surface area contributed by atoms with Gasteiger partial charge in [0.25, 0.3) is 0 Å². The molecule has 1 fully saturated rings. The van der Waals surface area contributed by atoms with Crippen LogP contribution in [0.2, 0.25) is 0 Å². The summed E-state index contributed by atoms with van der Waals surface area (Å²) in [6.07, 6.45) is 4.75. The third-order valence-corrected chi connectivity index (χ3v) is 4.28. The van der Waals surface area contributed by atoms with Crippen molar-refractivity contribution in [1.29, 1.82) is 0 Å². The van der Waals surface area contributed by atoms with Gasteiger partial charge in [0, 0.05) is 18.3 Å². The summed E-state index contributed by atoms with van der Waals surface area (Å²) in [4.78, 5) is 14.2. The van der Waals surface area contributed by atoms with Crippen LogP contribution < -0.4 is 10.2 Å². The number of carbonyl (C=O) groups is 1. The molecule has 0 aliphatic heterocycles. The van der Waals surface area contributed by atoms with Crippen LogP contribution in [0.3, 0.4) is 0 Å². The summed E-state index contributed by atoms with van der Waals surface area (Å²) in [5.74, 6) is 0.608. The Morgan fingerprint density at radius 3 is 2.67 bits per heavy atom. The van der Waals surface area contributed by atoms with Crippen molar-refractivity contribution in [3.8, 4) is 0 Å². The minimum atomic E-state index is 0.0437. The lowest BCUT2D eigenvalue weighted by Gasteiger charge is -2.31. The molecule has 4 nitrogen and oxygen atoms in total. The summed E-state index contributed by atoms with van der Waals surface area (Å²) in [5, 5.41) is 12.4. The first-order valence-corrected chi connectivity index (χ1v) is 7.91. The monoisotopic (exact) mass is 290 g/mol. The fourth-order valence-corrected chi connectivity index (χ4v) is 3.02. The van der Waals surface area contributed by atoms with Crippen molar-refractivity contribution in [2.24, 2.45) is 5.92 Å². The Morgan fingerprint density at radius 2 is 2.00 bits per heavy atom. The highest BCUT2D eigenvalue weighted by Crippen LogP contribution is 2.23. The Kier molecular flexibility index (Phi) is 6.05. The molecule has 21 heavy (non-hydrogen) atoms. The highest BCUT2D eigenvalue weighted by atomic mass is 16.3. The summed E-state index contributed by atoms with van der Waals surface area (Å²) in [5.41, 5.74) is 0.971. The Bertz CT molecular complexity index is 436. The topological polar surface area (TPSA) is 52.6 Å². The van der Waals surface area contributed by atoms with E-state index >= 15 is 0 Å². The van der Waals surface area contributed by atoms with E-state index in [1.54, 1.807) is 0 Å². The average molecular weight is 290 g/mol. The number of nitrogens with zero attached hydrogens (tertiary/aromatic N) is 1. The van der Waals surface area contributed by atoms with E-state index in [0.717, 1.165) is 12.1 Å². The van der Waals surface area contributed by atoms with E-state index in [4.69, 9.17) is 0 Å². The third kappa shape index (κ3) is 4.74. The molecule has 1 saturated carbocycles. The molecule has 4 heteroatoms. The van der Waals surface area contributed by atoms with E-state index in [2.05, 4.69) is 12.2 Å². The Labute approximate surface area is 127 Å². The number of benzene rings is 1. The molecule has 0 saturated heterocycles. The van der Waals surface area contributed by atoms with Crippen molar-refractivity contribution < 1.29 is 9.90 Å². The lowest BCUT2D eigenvalue weighted by Crippen LogP contribution is -2.46. The fourth-order valence-electron chi connectivity index (χ4n) is 3.02. The lowest BCUT2D eigenvalue weighted by atomic mass is 9.86. The van der Waals surface area contributed by atoms with Crippen LogP contribution in [0.25, 0.3) is 0 Å². The first-order chi connectivity index (χ1) is 10.2. The van der Waals surface area contributed by atoms with Crippen molar-refractivity contribution in [3.05, 3.63) is 30.3 Å². The number of hydrogen-bond donors (Lipinski definition) is 2. The molecule has 2 atom stereocenters. The summed E-state index contributed by atoms with van der Waals surface area (Å²) in [6.45, 7) is 3.03. The van der Waals surface area contributed by atoms with Crippen LogP contribution in [0.1, 0.15) is 32.6 Å². The number of aliphatic hydroxyl groups is 1. The molecule has 2 N–H and O–H groups in total. The van der Waals surface area contributed by atoms with Crippen LogP contribution >= 0.6 is 0 Å². The molecule has 0 radical (unpaired) electrons. The molecule has 0 heterocycles. The molecule has 0 bridgehead atoms. The summed E-state index contributed by atoms with van der Waals surface area (Å²) in [6, 6.07) is 10.1. The van der Waals surface area contributed by atoms with Crippen LogP contribution in [-0.4, -0.2) is 36.8 Å². The van der Waals surface area contributed by atoms with Gasteiger partial charge in [0.1, 0.15) is 0 Å². The van der Waals surface area contributed by atoms with E-state index in [0.29, 0.717) is 25.0 Å². The standard InChI is InChI=1S/C17H26N2O2/c1-14-7-5-6-10-16(14)18-17(21)13-19(11-12-20)15-8-3-2-4-9-15/h2-4,8-9,14,16,20H,5-7,10-13H2,1H3,(H,18,21). The highest BCUT2D eigenvalue weighted by molar-refractivity contribution is 5.81. The normalized spacial score (nSPS) is 21.8. The molecule has 0 spiro atoms. The Balaban J connectivity index is 1.92. The van der Waals surface area contributed by atoms with Gasteiger partial charge in [0.2, 0.25) is 5.91 Å². The van der Waals surface area contributed by atoms with E-state index in [1.807, 2.05) is 35.2 Å². The number of hydrogen-bond acceptors (Lipinski definition) is 3. The number of rotatable bonds is 6. The minimum Gasteiger partial charge on any atom is -0.395 e.